The molecule has 2 heteroatoms. The van der Waals surface area contributed by atoms with E-state index < -0.39 is 0 Å². The molecule has 0 radical (unpaired) electrons. The van der Waals surface area contributed by atoms with Gasteiger partial charge in [0, 0.05) is 16.0 Å². The van der Waals surface area contributed by atoms with Crippen LogP contribution in [0.4, 0.5) is 0 Å². The number of fused-ring (bicyclic) bond motifs is 1. The minimum atomic E-state index is 0.109. The second kappa shape index (κ2) is 4.93. The van der Waals surface area contributed by atoms with Crippen LogP contribution in [-0.2, 0) is 12.8 Å². The molecular formula is C17H15BrO. The first-order chi connectivity index (χ1) is 9.15. The van der Waals surface area contributed by atoms with Crippen LogP contribution in [0.25, 0.3) is 0 Å². The zero-order chi connectivity index (χ0) is 13.4. The highest BCUT2D eigenvalue weighted by Crippen LogP contribution is 2.30. The van der Waals surface area contributed by atoms with Gasteiger partial charge in [-0.1, -0.05) is 46.3 Å². The Kier molecular flexibility index (Phi) is 3.28. The molecule has 1 nitrogen and oxygen atoms in total. The molecule has 0 bridgehead atoms. The lowest BCUT2D eigenvalue weighted by Gasteiger charge is -2.10. The van der Waals surface area contributed by atoms with E-state index in [0.717, 1.165) is 28.4 Å². The Morgan fingerprint density at radius 1 is 1.11 bits per heavy atom. The summed E-state index contributed by atoms with van der Waals surface area (Å²) in [6.07, 6.45) is 1.76. The molecule has 1 aliphatic carbocycles. The van der Waals surface area contributed by atoms with Gasteiger partial charge in [0.1, 0.15) is 0 Å². The predicted molar refractivity (Wildman–Crippen MR) is 80.5 cm³/mol. The quantitative estimate of drug-likeness (QED) is 0.753. The molecule has 0 unspecified atom stereocenters. The van der Waals surface area contributed by atoms with Crippen molar-refractivity contribution in [3.63, 3.8) is 0 Å². The number of halogens is 1. The summed E-state index contributed by atoms with van der Waals surface area (Å²) < 4.78 is 1.02. The maximum atomic E-state index is 12.6. The average molecular weight is 315 g/mol. The third kappa shape index (κ3) is 2.37. The van der Waals surface area contributed by atoms with Gasteiger partial charge in [-0.3, -0.25) is 4.79 Å². The Bertz CT molecular complexity index is 620. The van der Waals surface area contributed by atoms with Gasteiger partial charge in [0.2, 0.25) is 0 Å². The van der Waals surface area contributed by atoms with Crippen LogP contribution in [0.5, 0.6) is 0 Å². The normalized spacial score (nSPS) is 14.4. The van der Waals surface area contributed by atoms with Crippen molar-refractivity contribution in [1.82, 2.24) is 0 Å². The molecule has 19 heavy (non-hydrogen) atoms. The van der Waals surface area contributed by atoms with Crippen LogP contribution in [0.1, 0.15) is 27.0 Å². The standard InChI is InChI=1S/C17H15BrO/c1-11-8-15(18)6-7-16(11)17(19)14-9-12-4-2-3-5-13(12)10-14/h2-8,14H,9-10H2,1H3. The van der Waals surface area contributed by atoms with Gasteiger partial charge in [-0.05, 0) is 48.6 Å². The highest BCUT2D eigenvalue weighted by molar-refractivity contribution is 9.10. The van der Waals surface area contributed by atoms with Crippen molar-refractivity contribution in [3.05, 3.63) is 69.2 Å². The van der Waals surface area contributed by atoms with Gasteiger partial charge in [-0.15, -0.1) is 0 Å². The van der Waals surface area contributed by atoms with Gasteiger partial charge in [0.15, 0.2) is 5.78 Å². The van der Waals surface area contributed by atoms with Crippen LogP contribution >= 0.6 is 15.9 Å². The first kappa shape index (κ1) is 12.6. The summed E-state index contributed by atoms with van der Waals surface area (Å²) in [4.78, 5) is 12.6. The fourth-order valence-electron chi connectivity index (χ4n) is 2.87. The van der Waals surface area contributed by atoms with Crippen molar-refractivity contribution in [1.29, 1.82) is 0 Å². The number of carbonyl (C=O) groups is 1. The minimum Gasteiger partial charge on any atom is -0.294 e. The fourth-order valence-corrected chi connectivity index (χ4v) is 3.34. The van der Waals surface area contributed by atoms with Crippen molar-refractivity contribution < 1.29 is 4.79 Å². The Balaban J connectivity index is 1.87. The second-order valence-electron chi connectivity index (χ2n) is 5.20. The largest absolute Gasteiger partial charge is 0.294 e. The van der Waals surface area contributed by atoms with E-state index in [4.69, 9.17) is 0 Å². The van der Waals surface area contributed by atoms with Gasteiger partial charge >= 0.3 is 0 Å². The predicted octanol–water partition coefficient (Wildman–Crippen LogP) is 4.36. The summed E-state index contributed by atoms with van der Waals surface area (Å²) in [5, 5.41) is 0. The number of hydrogen-bond donors (Lipinski definition) is 0. The number of Topliss-reactive ketones (excluding diaryl/α,β-unsaturated/α-hetero) is 1. The second-order valence-corrected chi connectivity index (χ2v) is 6.11. The van der Waals surface area contributed by atoms with E-state index in [0.29, 0.717) is 0 Å². The van der Waals surface area contributed by atoms with Gasteiger partial charge < -0.3 is 0 Å². The number of aryl methyl sites for hydroxylation is 1. The third-order valence-corrected chi connectivity index (χ3v) is 4.37. The lowest BCUT2D eigenvalue weighted by Crippen LogP contribution is -2.16. The van der Waals surface area contributed by atoms with E-state index in [2.05, 4.69) is 40.2 Å². The first-order valence-electron chi connectivity index (χ1n) is 6.52. The number of carbonyl (C=O) groups excluding carboxylic acids is 1. The molecule has 0 aliphatic heterocycles. The molecule has 0 saturated heterocycles. The molecule has 2 aromatic rings. The van der Waals surface area contributed by atoms with Crippen LogP contribution in [0.15, 0.2) is 46.9 Å². The van der Waals surface area contributed by atoms with Gasteiger partial charge in [-0.2, -0.15) is 0 Å². The highest BCUT2D eigenvalue weighted by atomic mass is 79.9. The SMILES string of the molecule is Cc1cc(Br)ccc1C(=O)C1Cc2ccccc2C1. The summed E-state index contributed by atoms with van der Waals surface area (Å²) in [6, 6.07) is 14.3. The monoisotopic (exact) mass is 314 g/mol. The third-order valence-electron chi connectivity index (χ3n) is 3.88. The summed E-state index contributed by atoms with van der Waals surface area (Å²) in [7, 11) is 0. The Morgan fingerprint density at radius 2 is 1.74 bits per heavy atom. The smallest absolute Gasteiger partial charge is 0.166 e. The molecule has 1 aliphatic rings. The van der Waals surface area contributed by atoms with Crippen LogP contribution < -0.4 is 0 Å². The number of ketones is 1. The van der Waals surface area contributed by atoms with E-state index in [1.165, 1.54) is 11.1 Å². The molecule has 2 aromatic carbocycles. The number of hydrogen-bond acceptors (Lipinski definition) is 1. The molecule has 0 N–H and O–H groups in total. The van der Waals surface area contributed by atoms with Crippen molar-refractivity contribution in [2.75, 3.05) is 0 Å². The average Bonchev–Trinajstić information content (AvgIpc) is 2.81. The van der Waals surface area contributed by atoms with E-state index >= 15 is 0 Å². The molecule has 96 valence electrons. The molecule has 0 amide bonds. The van der Waals surface area contributed by atoms with E-state index in [1.54, 1.807) is 0 Å². The molecular weight excluding hydrogens is 300 g/mol. The topological polar surface area (TPSA) is 17.1 Å². The van der Waals surface area contributed by atoms with Crippen molar-refractivity contribution in [2.45, 2.75) is 19.8 Å². The maximum absolute atomic E-state index is 12.6. The van der Waals surface area contributed by atoms with Crippen LogP contribution in [0.2, 0.25) is 0 Å². The van der Waals surface area contributed by atoms with Crippen LogP contribution in [0.3, 0.4) is 0 Å². The lowest BCUT2D eigenvalue weighted by molar-refractivity contribution is 0.0924. The summed E-state index contributed by atoms with van der Waals surface area (Å²) >= 11 is 3.44. The molecule has 0 saturated carbocycles. The van der Waals surface area contributed by atoms with E-state index in [1.807, 2.05) is 25.1 Å². The van der Waals surface area contributed by atoms with E-state index in [-0.39, 0.29) is 11.7 Å². The number of benzene rings is 2. The van der Waals surface area contributed by atoms with Gasteiger partial charge in [0.25, 0.3) is 0 Å². The van der Waals surface area contributed by atoms with Crippen molar-refractivity contribution in [2.24, 2.45) is 5.92 Å². The zero-order valence-electron chi connectivity index (χ0n) is 10.8. The summed E-state index contributed by atoms with van der Waals surface area (Å²) in [6.45, 7) is 2.00. The maximum Gasteiger partial charge on any atom is 0.166 e. The van der Waals surface area contributed by atoms with Gasteiger partial charge in [0.05, 0.1) is 0 Å². The Labute approximate surface area is 121 Å². The highest BCUT2D eigenvalue weighted by Gasteiger charge is 2.28. The summed E-state index contributed by atoms with van der Waals surface area (Å²) in [5.74, 6) is 0.387. The van der Waals surface area contributed by atoms with Crippen LogP contribution in [0, 0.1) is 12.8 Å². The van der Waals surface area contributed by atoms with Crippen molar-refractivity contribution >= 4 is 21.7 Å². The molecule has 3 rings (SSSR count). The Hall–Kier alpha value is -1.41. The number of rotatable bonds is 2. The lowest BCUT2D eigenvalue weighted by atomic mass is 9.92. The molecule has 0 heterocycles. The molecule has 0 aromatic heterocycles. The van der Waals surface area contributed by atoms with Crippen LogP contribution in [-0.4, -0.2) is 5.78 Å². The van der Waals surface area contributed by atoms with E-state index in [9.17, 15) is 4.79 Å². The molecule has 0 atom stereocenters. The minimum absolute atomic E-state index is 0.109. The Morgan fingerprint density at radius 3 is 2.32 bits per heavy atom. The first-order valence-corrected chi connectivity index (χ1v) is 7.31. The zero-order valence-corrected chi connectivity index (χ0v) is 12.4. The molecule has 0 fully saturated rings. The summed E-state index contributed by atoms with van der Waals surface area (Å²) in [5.41, 5.74) is 4.57. The fraction of sp³-hybridized carbons (Fsp3) is 0.235. The van der Waals surface area contributed by atoms with Crippen molar-refractivity contribution in [3.8, 4) is 0 Å². The molecule has 0 spiro atoms. The van der Waals surface area contributed by atoms with Gasteiger partial charge in [-0.25, -0.2) is 0 Å².